The van der Waals surface area contributed by atoms with Gasteiger partial charge in [-0.15, -0.1) is 0 Å². The summed E-state index contributed by atoms with van der Waals surface area (Å²) in [6.07, 6.45) is 9.35. The molecule has 3 heteroatoms. The molecule has 0 saturated heterocycles. The second-order valence-electron chi connectivity index (χ2n) is 9.02. The van der Waals surface area contributed by atoms with Crippen LogP contribution in [0.2, 0.25) is 0 Å². The molecule has 0 amide bonds. The van der Waals surface area contributed by atoms with E-state index in [4.69, 9.17) is 0 Å². The van der Waals surface area contributed by atoms with Gasteiger partial charge in [0.2, 0.25) is 0 Å². The molecule has 0 aromatic heterocycles. The predicted molar refractivity (Wildman–Crippen MR) is 115 cm³/mol. The minimum Gasteiger partial charge on any atom is -0.206 e. The van der Waals surface area contributed by atoms with Gasteiger partial charge in [-0.05, 0) is 91.7 Å². The molecule has 0 unspecified atom stereocenters. The van der Waals surface area contributed by atoms with E-state index in [-0.39, 0.29) is 21.6 Å². The van der Waals surface area contributed by atoms with Crippen molar-refractivity contribution in [3.8, 4) is 0 Å². The van der Waals surface area contributed by atoms with Gasteiger partial charge in [0.15, 0.2) is 11.6 Å². The van der Waals surface area contributed by atoms with Gasteiger partial charge in [0, 0.05) is 2.85 Å². The Morgan fingerprint density at radius 3 is 1.96 bits per heavy atom. The Kier molecular flexibility index (Phi) is 6.41. The van der Waals surface area contributed by atoms with Crippen LogP contribution >= 0.6 is 0 Å². The Bertz CT molecular complexity index is 836. The van der Waals surface area contributed by atoms with Crippen molar-refractivity contribution >= 4 is 10.8 Å². The van der Waals surface area contributed by atoms with Gasteiger partial charge in [-0.3, -0.25) is 0 Å². The van der Waals surface area contributed by atoms with E-state index in [2.05, 4.69) is 6.92 Å². The van der Waals surface area contributed by atoms with Gasteiger partial charge in [0.25, 0.3) is 0 Å². The maximum absolute atomic E-state index is 14.8. The van der Waals surface area contributed by atoms with E-state index in [1.165, 1.54) is 25.7 Å². The first-order valence-corrected chi connectivity index (χ1v) is 10.5. The molecular formula is C25H37F3. The molecule has 0 spiro atoms. The van der Waals surface area contributed by atoms with Crippen LogP contribution in [0, 0.1) is 42.1 Å². The molecule has 0 nitrogen and oxygen atoms in total. The lowest BCUT2D eigenvalue weighted by Gasteiger charge is -2.37. The molecule has 0 aliphatic heterocycles. The summed E-state index contributed by atoms with van der Waals surface area (Å²) in [5.41, 5.74) is 0.787. The molecule has 2 saturated carbocycles. The number of aryl methyl sites for hydroxylation is 1. The fraction of sp³-hybridized carbons (Fsp3) is 0.600. The van der Waals surface area contributed by atoms with E-state index in [9.17, 15) is 13.2 Å². The summed E-state index contributed by atoms with van der Waals surface area (Å²) in [6.45, 7) is 3.92. The van der Waals surface area contributed by atoms with Gasteiger partial charge in [-0.25, -0.2) is 13.2 Å². The quantitative estimate of drug-likeness (QED) is 0.477. The predicted octanol–water partition coefficient (Wildman–Crippen LogP) is 8.79. The zero-order chi connectivity index (χ0) is 19.1. The van der Waals surface area contributed by atoms with E-state index >= 15 is 0 Å². The number of halogens is 3. The Hall–Kier alpha value is -1.51. The topological polar surface area (TPSA) is 0 Å². The highest BCUT2D eigenvalue weighted by Crippen LogP contribution is 2.45. The molecule has 2 fully saturated rings. The number of hydrogen-bond acceptors (Lipinski definition) is 0. The maximum atomic E-state index is 14.8. The lowest BCUT2D eigenvalue weighted by Crippen LogP contribution is -2.25. The highest BCUT2D eigenvalue weighted by molar-refractivity contribution is 5.85. The largest absolute Gasteiger partial charge is 0.206 e. The van der Waals surface area contributed by atoms with Crippen LogP contribution in [-0.4, -0.2) is 0 Å². The van der Waals surface area contributed by atoms with Gasteiger partial charge >= 0.3 is 0 Å². The monoisotopic (exact) mass is 394 g/mol. The highest BCUT2D eigenvalue weighted by Gasteiger charge is 2.32. The van der Waals surface area contributed by atoms with Crippen LogP contribution in [0.1, 0.15) is 85.6 Å². The lowest BCUT2D eigenvalue weighted by atomic mass is 9.68. The van der Waals surface area contributed by atoms with Crippen molar-refractivity contribution in [1.29, 1.82) is 0 Å². The van der Waals surface area contributed by atoms with E-state index in [0.717, 1.165) is 43.4 Å². The Labute approximate surface area is 170 Å². The van der Waals surface area contributed by atoms with Crippen molar-refractivity contribution in [2.45, 2.75) is 78.6 Å². The molecular weight excluding hydrogens is 357 g/mol. The van der Waals surface area contributed by atoms with Crippen LogP contribution in [0.25, 0.3) is 10.8 Å². The standard InChI is InChI=1S/C24H29F3.CH4.2H2/c1-14-3-6-16(7-4-14)17-9-11-18(12-10-17)20-13-19-8-5-15(2)22(25)21(19)24(27)23(20)26;;;/h5,8,13-14,16-18H,3-4,6-7,9-12H2,1-2H3;1H4;2*1H. The smallest absolute Gasteiger partial charge is 0.169 e. The Morgan fingerprint density at radius 1 is 0.786 bits per heavy atom. The van der Waals surface area contributed by atoms with Gasteiger partial charge < -0.3 is 0 Å². The first-order chi connectivity index (χ1) is 13.0. The number of rotatable bonds is 2. The van der Waals surface area contributed by atoms with Crippen molar-refractivity contribution in [2.24, 2.45) is 17.8 Å². The maximum Gasteiger partial charge on any atom is 0.169 e. The molecule has 4 rings (SSSR count). The number of fused-ring (bicyclic) bond motifs is 1. The first-order valence-electron chi connectivity index (χ1n) is 10.5. The summed E-state index contributed by atoms with van der Waals surface area (Å²) in [5, 5.41) is 0.261. The van der Waals surface area contributed by atoms with Gasteiger partial charge in [0.05, 0.1) is 5.39 Å². The third kappa shape index (κ3) is 3.82. The third-order valence-electron chi connectivity index (χ3n) is 7.28. The van der Waals surface area contributed by atoms with Crippen molar-refractivity contribution < 1.29 is 16.0 Å². The Balaban J connectivity index is 0.00000150. The van der Waals surface area contributed by atoms with Crippen LogP contribution in [0.5, 0.6) is 0 Å². The van der Waals surface area contributed by atoms with Crippen molar-refractivity contribution in [3.63, 3.8) is 0 Å². The van der Waals surface area contributed by atoms with E-state index in [1.54, 1.807) is 25.1 Å². The SMILES string of the molecule is C.Cc1ccc2cc(C3CCC(C4CCC(C)CC4)CC3)c(F)c(F)c2c1F.[HH].[HH]. The molecule has 158 valence electrons. The van der Waals surface area contributed by atoms with E-state index in [1.807, 2.05) is 0 Å². The van der Waals surface area contributed by atoms with Gasteiger partial charge in [-0.2, -0.15) is 0 Å². The fourth-order valence-corrected chi connectivity index (χ4v) is 5.46. The van der Waals surface area contributed by atoms with Gasteiger partial charge in [-0.1, -0.05) is 39.3 Å². The molecule has 28 heavy (non-hydrogen) atoms. The van der Waals surface area contributed by atoms with Crippen molar-refractivity contribution in [3.05, 3.63) is 46.8 Å². The molecule has 0 radical (unpaired) electrons. The van der Waals surface area contributed by atoms with Crippen LogP contribution in [-0.2, 0) is 0 Å². The normalized spacial score (nSPS) is 28.2. The summed E-state index contributed by atoms with van der Waals surface area (Å²) < 4.78 is 43.7. The zero-order valence-electron chi connectivity index (χ0n) is 16.3. The molecule has 0 atom stereocenters. The minimum atomic E-state index is -1.02. The summed E-state index contributed by atoms with van der Waals surface area (Å²) in [5.74, 6) is -0.0531. The highest BCUT2D eigenvalue weighted by atomic mass is 19.2. The zero-order valence-corrected chi connectivity index (χ0v) is 16.3. The average molecular weight is 395 g/mol. The molecule has 2 aliphatic rings. The van der Waals surface area contributed by atoms with E-state index in [0.29, 0.717) is 16.5 Å². The Morgan fingerprint density at radius 2 is 1.36 bits per heavy atom. The number of hydrogen-bond donors (Lipinski definition) is 0. The summed E-state index contributed by atoms with van der Waals surface area (Å²) >= 11 is 0. The van der Waals surface area contributed by atoms with Crippen LogP contribution in [0.3, 0.4) is 0 Å². The lowest BCUT2D eigenvalue weighted by molar-refractivity contribution is 0.164. The number of benzene rings is 2. The minimum absolute atomic E-state index is 0. The first kappa shape index (κ1) is 21.2. The van der Waals surface area contributed by atoms with Crippen LogP contribution in [0.4, 0.5) is 13.2 Å². The van der Waals surface area contributed by atoms with Crippen LogP contribution < -0.4 is 0 Å². The van der Waals surface area contributed by atoms with Gasteiger partial charge in [0.1, 0.15) is 5.82 Å². The van der Waals surface area contributed by atoms with Crippen LogP contribution in [0.15, 0.2) is 18.2 Å². The second kappa shape index (κ2) is 8.47. The fourth-order valence-electron chi connectivity index (χ4n) is 5.46. The van der Waals surface area contributed by atoms with E-state index < -0.39 is 17.5 Å². The summed E-state index contributed by atoms with van der Waals surface area (Å²) in [7, 11) is 0. The molecule has 0 N–H and O–H groups in total. The molecule has 2 aromatic carbocycles. The summed E-state index contributed by atoms with van der Waals surface area (Å²) in [4.78, 5) is 0. The average Bonchev–Trinajstić information content (AvgIpc) is 2.68. The van der Waals surface area contributed by atoms with Crippen molar-refractivity contribution in [2.75, 3.05) is 0 Å². The molecule has 0 bridgehead atoms. The molecule has 2 aromatic rings. The summed E-state index contributed by atoms with van der Waals surface area (Å²) in [6, 6.07) is 5.03. The third-order valence-corrected chi connectivity index (χ3v) is 7.28. The molecule has 0 heterocycles. The van der Waals surface area contributed by atoms with Crippen molar-refractivity contribution in [1.82, 2.24) is 0 Å². The molecule has 2 aliphatic carbocycles. The second-order valence-corrected chi connectivity index (χ2v) is 9.02.